The van der Waals surface area contributed by atoms with Crippen LogP contribution < -0.4 is 10.2 Å². The van der Waals surface area contributed by atoms with Gasteiger partial charge < -0.3 is 24.9 Å². The second kappa shape index (κ2) is 6.20. The number of aliphatic carboxylic acids is 2. The van der Waals surface area contributed by atoms with Crippen LogP contribution in [0.15, 0.2) is 0 Å². The molecule has 10 heavy (non-hydrogen) atoms. The minimum Gasteiger partial charge on any atom is -0.550 e. The Kier molecular flexibility index (Phi) is 8.11. The number of carboxylic acids is 2. The van der Waals surface area contributed by atoms with E-state index in [0.717, 1.165) is 0 Å². The van der Waals surface area contributed by atoms with Crippen molar-refractivity contribution in [1.82, 2.24) is 0 Å². The third-order valence-electron chi connectivity index (χ3n) is 0.632. The van der Waals surface area contributed by atoms with E-state index in [-0.39, 0.29) is 48.9 Å². The number of carboxylic acid groups (broad SMARTS) is 2. The Morgan fingerprint density at radius 3 is 1.90 bits per heavy atom. The van der Waals surface area contributed by atoms with Crippen molar-refractivity contribution >= 4 is 60.8 Å². The van der Waals surface area contributed by atoms with E-state index in [0.29, 0.717) is 0 Å². The monoisotopic (exact) mass is 270 g/mol. The Morgan fingerprint density at radius 2 is 1.80 bits per heavy atom. The summed E-state index contributed by atoms with van der Waals surface area (Å²) >= 11 is 0. The molecule has 0 bridgehead atoms. The second-order valence-electron chi connectivity index (χ2n) is 1.41. The number of carbonyl (C=O) groups is 2. The Morgan fingerprint density at radius 1 is 1.40 bits per heavy atom. The first-order valence-corrected chi connectivity index (χ1v) is 2.13. The first-order chi connectivity index (χ1) is 4.04. The molecule has 0 saturated heterocycles. The van der Waals surface area contributed by atoms with E-state index in [1.807, 2.05) is 0 Å². The van der Waals surface area contributed by atoms with Crippen molar-refractivity contribution in [2.24, 2.45) is 0 Å². The molecule has 0 aliphatic carbocycles. The van der Waals surface area contributed by atoms with Crippen molar-refractivity contribution in [3.63, 3.8) is 0 Å². The van der Waals surface area contributed by atoms with Crippen molar-refractivity contribution < 1.29 is 24.9 Å². The molecule has 0 amide bonds. The van der Waals surface area contributed by atoms with Crippen LogP contribution in [0.4, 0.5) is 0 Å². The molecule has 1 atom stereocenters. The molecule has 0 aromatic rings. The quantitative estimate of drug-likeness (QED) is 0.524. The van der Waals surface area contributed by atoms with Crippen molar-refractivity contribution in [3.05, 3.63) is 0 Å². The first kappa shape index (κ1) is 13.1. The number of aliphatic hydroxyl groups excluding tert-OH is 1. The fourth-order valence-electron chi connectivity index (χ4n) is 0.241. The minimum atomic E-state index is -1.96. The molecule has 0 aromatic carbocycles. The van der Waals surface area contributed by atoms with E-state index in [2.05, 4.69) is 0 Å². The van der Waals surface area contributed by atoms with Crippen molar-refractivity contribution in [1.29, 1.82) is 0 Å². The Balaban J connectivity index is 0. The maximum Gasteiger partial charge on any atom is 2.00 e. The smallest absolute Gasteiger partial charge is 0.550 e. The van der Waals surface area contributed by atoms with Crippen LogP contribution in [0.2, 0.25) is 0 Å². The van der Waals surface area contributed by atoms with Gasteiger partial charge in [0.25, 0.3) is 0 Å². The Hall–Kier alpha value is 0.471. The van der Waals surface area contributed by atoms with E-state index in [4.69, 9.17) is 5.11 Å². The van der Waals surface area contributed by atoms with Gasteiger partial charge in [-0.25, -0.2) is 0 Å². The first-order valence-electron chi connectivity index (χ1n) is 2.13. The largest absolute Gasteiger partial charge is 2.00 e. The van der Waals surface area contributed by atoms with Crippen LogP contribution in [-0.2, 0) is 9.59 Å². The molecule has 0 unspecified atom stereocenters. The number of aliphatic hydroxyl groups is 1. The molecule has 0 aromatic heterocycles. The Bertz CT molecular complexity index is 134. The summed E-state index contributed by atoms with van der Waals surface area (Å²) in [6, 6.07) is 0. The van der Waals surface area contributed by atoms with Gasteiger partial charge in [-0.15, -0.1) is 0 Å². The van der Waals surface area contributed by atoms with Crippen LogP contribution in [0.5, 0.6) is 0 Å². The molecular formula is C4H4BaO5. The standard InChI is InChI=1S/C4H6O5.Ba/c5-2(4(8)9)1-3(6)7;/h2,5H,1H2,(H,6,7)(H,8,9);/q;+2/p-2/t2-;/m1./s1. The predicted molar refractivity (Wildman–Crippen MR) is 26.4 cm³/mol. The van der Waals surface area contributed by atoms with Gasteiger partial charge in [0, 0.05) is 12.4 Å². The zero-order valence-electron chi connectivity index (χ0n) is 5.07. The van der Waals surface area contributed by atoms with Gasteiger partial charge in [0.1, 0.15) is 0 Å². The minimum absolute atomic E-state index is 0. The summed E-state index contributed by atoms with van der Waals surface area (Å²) in [5.74, 6) is -3.43. The molecule has 5 nitrogen and oxygen atoms in total. The van der Waals surface area contributed by atoms with Crippen LogP contribution in [0.1, 0.15) is 6.42 Å². The molecule has 1 N–H and O–H groups in total. The van der Waals surface area contributed by atoms with Gasteiger partial charge in [-0.3, -0.25) is 0 Å². The number of rotatable bonds is 3. The molecule has 0 spiro atoms. The predicted octanol–water partition coefficient (Wildman–Crippen LogP) is -4.14. The zero-order valence-corrected chi connectivity index (χ0v) is 9.51. The summed E-state index contributed by atoms with van der Waals surface area (Å²) in [6.07, 6.45) is -2.89. The van der Waals surface area contributed by atoms with Crippen molar-refractivity contribution in [2.45, 2.75) is 12.5 Å². The van der Waals surface area contributed by atoms with Gasteiger partial charge >= 0.3 is 48.9 Å². The molecule has 0 rings (SSSR count). The van der Waals surface area contributed by atoms with E-state index in [9.17, 15) is 19.8 Å². The summed E-state index contributed by atoms with van der Waals surface area (Å²) < 4.78 is 0. The number of hydrogen-bond donors (Lipinski definition) is 1. The maximum atomic E-state index is 9.58. The summed E-state index contributed by atoms with van der Waals surface area (Å²) in [7, 11) is 0. The average Bonchev–Trinajstić information content (AvgIpc) is 1.63. The van der Waals surface area contributed by atoms with Crippen LogP contribution >= 0.6 is 0 Å². The topological polar surface area (TPSA) is 100 Å². The SMILES string of the molecule is O=C([O-])C[C@@H](O)C(=O)[O-].[Ba+2]. The molecule has 0 aliphatic rings. The normalized spacial score (nSPS) is 11.3. The fraction of sp³-hybridized carbons (Fsp3) is 0.500. The van der Waals surface area contributed by atoms with Crippen LogP contribution in [0, 0.1) is 0 Å². The zero-order chi connectivity index (χ0) is 7.44. The third-order valence-corrected chi connectivity index (χ3v) is 0.632. The Labute approximate surface area is 97.1 Å². The molecule has 0 saturated carbocycles. The molecule has 0 heterocycles. The molecule has 0 radical (unpaired) electrons. The molecule has 52 valence electrons. The molecule has 6 heteroatoms. The van der Waals surface area contributed by atoms with Gasteiger partial charge in [-0.05, 0) is 0 Å². The summed E-state index contributed by atoms with van der Waals surface area (Å²) in [6.45, 7) is 0. The van der Waals surface area contributed by atoms with E-state index in [1.54, 1.807) is 0 Å². The molecular weight excluding hydrogens is 265 g/mol. The average molecular weight is 269 g/mol. The summed E-state index contributed by atoms with van der Waals surface area (Å²) in [5.41, 5.74) is 0. The van der Waals surface area contributed by atoms with E-state index in [1.165, 1.54) is 0 Å². The van der Waals surface area contributed by atoms with Crippen LogP contribution in [0.3, 0.4) is 0 Å². The second-order valence-corrected chi connectivity index (χ2v) is 1.41. The molecule has 0 fully saturated rings. The van der Waals surface area contributed by atoms with Gasteiger partial charge in [-0.2, -0.15) is 0 Å². The van der Waals surface area contributed by atoms with Crippen LogP contribution in [-0.4, -0.2) is 72.0 Å². The van der Waals surface area contributed by atoms with Gasteiger partial charge in [0.05, 0.1) is 12.1 Å². The van der Waals surface area contributed by atoms with Gasteiger partial charge in [0.2, 0.25) is 0 Å². The summed E-state index contributed by atoms with van der Waals surface area (Å²) in [5, 5.41) is 27.3. The molecule has 0 aliphatic heterocycles. The third kappa shape index (κ3) is 6.59. The number of hydrogen-bond acceptors (Lipinski definition) is 5. The van der Waals surface area contributed by atoms with Crippen LogP contribution in [0.25, 0.3) is 0 Å². The van der Waals surface area contributed by atoms with Crippen molar-refractivity contribution in [3.8, 4) is 0 Å². The van der Waals surface area contributed by atoms with Gasteiger partial charge in [-0.1, -0.05) is 0 Å². The number of carbonyl (C=O) groups excluding carboxylic acids is 2. The van der Waals surface area contributed by atoms with Crippen molar-refractivity contribution in [2.75, 3.05) is 0 Å². The summed E-state index contributed by atoms with van der Waals surface area (Å²) in [4.78, 5) is 19.1. The van der Waals surface area contributed by atoms with E-state index >= 15 is 0 Å². The van der Waals surface area contributed by atoms with Gasteiger partial charge in [0.15, 0.2) is 0 Å². The van der Waals surface area contributed by atoms with E-state index < -0.39 is 24.5 Å². The maximum absolute atomic E-state index is 9.58. The fourth-order valence-corrected chi connectivity index (χ4v) is 0.241.